The number of hydrogen-bond acceptors (Lipinski definition) is 6. The fourth-order valence-corrected chi connectivity index (χ4v) is 2.78. The van der Waals surface area contributed by atoms with Crippen LogP contribution >= 0.6 is 11.6 Å². The van der Waals surface area contributed by atoms with Crippen molar-refractivity contribution in [3.8, 4) is 11.5 Å². The highest BCUT2D eigenvalue weighted by atomic mass is 35.5. The molecule has 2 aromatic carbocycles. The number of amides is 2. The fraction of sp³-hybridized carbons (Fsp3) is 0.136. The number of anilines is 1. The topological polar surface area (TPSA) is 102 Å². The summed E-state index contributed by atoms with van der Waals surface area (Å²) in [6.45, 7) is 0.0432. The number of hydrogen-bond donors (Lipinski definition) is 2. The highest BCUT2D eigenvalue weighted by Gasteiger charge is 2.14. The SMILES string of the molecule is COc1ccc(N=Cc2ccc(CNC(=O)C(=O)Nc3cccc(Cl)c3)o2)c(OC)c1. The van der Waals surface area contributed by atoms with Crippen molar-refractivity contribution in [2.24, 2.45) is 4.99 Å². The Morgan fingerprint density at radius 2 is 1.90 bits per heavy atom. The van der Waals surface area contributed by atoms with Crippen LogP contribution in [0.1, 0.15) is 11.5 Å². The van der Waals surface area contributed by atoms with Gasteiger partial charge < -0.3 is 24.5 Å². The van der Waals surface area contributed by atoms with E-state index in [0.29, 0.717) is 39.4 Å². The lowest BCUT2D eigenvalue weighted by Gasteiger charge is -2.06. The smallest absolute Gasteiger partial charge is 0.313 e. The lowest BCUT2D eigenvalue weighted by atomic mass is 10.3. The van der Waals surface area contributed by atoms with Crippen molar-refractivity contribution in [2.45, 2.75) is 6.54 Å². The van der Waals surface area contributed by atoms with Gasteiger partial charge in [0.2, 0.25) is 0 Å². The van der Waals surface area contributed by atoms with Crippen LogP contribution in [0.4, 0.5) is 11.4 Å². The minimum absolute atomic E-state index is 0.0432. The van der Waals surface area contributed by atoms with E-state index in [9.17, 15) is 9.59 Å². The van der Waals surface area contributed by atoms with Crippen LogP contribution in [0.5, 0.6) is 11.5 Å². The number of nitrogens with one attached hydrogen (secondary N) is 2. The predicted molar refractivity (Wildman–Crippen MR) is 117 cm³/mol. The van der Waals surface area contributed by atoms with E-state index in [4.69, 9.17) is 25.5 Å². The number of ether oxygens (including phenoxy) is 2. The van der Waals surface area contributed by atoms with Crippen molar-refractivity contribution in [2.75, 3.05) is 19.5 Å². The van der Waals surface area contributed by atoms with Gasteiger partial charge in [-0.25, -0.2) is 4.99 Å². The molecule has 31 heavy (non-hydrogen) atoms. The molecule has 0 aliphatic carbocycles. The van der Waals surface area contributed by atoms with Gasteiger partial charge in [-0.3, -0.25) is 9.59 Å². The van der Waals surface area contributed by atoms with E-state index >= 15 is 0 Å². The van der Waals surface area contributed by atoms with Gasteiger partial charge in [0.1, 0.15) is 28.7 Å². The first-order valence-corrected chi connectivity index (χ1v) is 9.56. The highest BCUT2D eigenvalue weighted by Crippen LogP contribution is 2.31. The molecule has 160 valence electrons. The number of furan rings is 1. The number of benzene rings is 2. The van der Waals surface area contributed by atoms with Crippen molar-refractivity contribution < 1.29 is 23.5 Å². The van der Waals surface area contributed by atoms with Crippen LogP contribution in [0.2, 0.25) is 5.02 Å². The summed E-state index contributed by atoms with van der Waals surface area (Å²) in [6.07, 6.45) is 1.53. The highest BCUT2D eigenvalue weighted by molar-refractivity contribution is 6.39. The minimum atomic E-state index is -0.804. The Hall–Kier alpha value is -3.78. The first-order chi connectivity index (χ1) is 15.0. The molecule has 2 amide bonds. The normalized spacial score (nSPS) is 10.7. The number of halogens is 1. The third kappa shape index (κ3) is 6.10. The summed E-state index contributed by atoms with van der Waals surface area (Å²) in [5.41, 5.74) is 1.03. The largest absolute Gasteiger partial charge is 0.497 e. The third-order valence-electron chi connectivity index (χ3n) is 4.11. The van der Waals surface area contributed by atoms with Crippen LogP contribution in [-0.2, 0) is 16.1 Å². The molecule has 0 fully saturated rings. The van der Waals surface area contributed by atoms with Crippen molar-refractivity contribution >= 4 is 41.0 Å². The molecular formula is C22H20ClN3O5. The maximum Gasteiger partial charge on any atom is 0.313 e. The summed E-state index contributed by atoms with van der Waals surface area (Å²) in [7, 11) is 3.12. The van der Waals surface area contributed by atoms with Gasteiger partial charge >= 0.3 is 11.8 Å². The summed E-state index contributed by atoms with van der Waals surface area (Å²) in [4.78, 5) is 28.3. The van der Waals surface area contributed by atoms with E-state index in [0.717, 1.165) is 0 Å². The number of methoxy groups -OCH3 is 2. The molecule has 0 bridgehead atoms. The first kappa shape index (κ1) is 21.9. The number of carbonyl (C=O) groups excluding carboxylic acids is 2. The lowest BCUT2D eigenvalue weighted by molar-refractivity contribution is -0.136. The summed E-state index contributed by atoms with van der Waals surface area (Å²) in [6, 6.07) is 15.2. The molecule has 0 atom stereocenters. The zero-order valence-corrected chi connectivity index (χ0v) is 17.6. The second-order valence-electron chi connectivity index (χ2n) is 6.25. The van der Waals surface area contributed by atoms with Crippen molar-refractivity contribution in [3.05, 3.63) is 71.1 Å². The quantitative estimate of drug-likeness (QED) is 0.427. The molecule has 3 rings (SSSR count). The Morgan fingerprint density at radius 3 is 2.65 bits per heavy atom. The molecular weight excluding hydrogens is 422 g/mol. The van der Waals surface area contributed by atoms with Gasteiger partial charge in [-0.15, -0.1) is 0 Å². The molecule has 0 aliphatic rings. The molecule has 0 saturated carbocycles. The first-order valence-electron chi connectivity index (χ1n) is 9.18. The van der Waals surface area contributed by atoms with E-state index < -0.39 is 11.8 Å². The zero-order valence-electron chi connectivity index (χ0n) is 16.8. The molecule has 9 heteroatoms. The van der Waals surface area contributed by atoms with Crippen LogP contribution in [0, 0.1) is 0 Å². The average Bonchev–Trinajstić information content (AvgIpc) is 3.23. The molecule has 3 aromatic rings. The lowest BCUT2D eigenvalue weighted by Crippen LogP contribution is -2.34. The Kier molecular flexibility index (Phi) is 7.29. The number of nitrogens with zero attached hydrogens (tertiary/aromatic N) is 1. The third-order valence-corrected chi connectivity index (χ3v) is 4.35. The monoisotopic (exact) mass is 441 g/mol. The van der Waals surface area contributed by atoms with E-state index in [1.165, 1.54) is 6.21 Å². The van der Waals surface area contributed by atoms with Crippen LogP contribution in [-0.4, -0.2) is 32.2 Å². The Labute approximate surface area is 183 Å². The Morgan fingerprint density at radius 1 is 1.06 bits per heavy atom. The molecule has 0 radical (unpaired) electrons. The minimum Gasteiger partial charge on any atom is -0.497 e. The number of carbonyl (C=O) groups is 2. The Bertz CT molecular complexity index is 1110. The molecule has 0 aliphatic heterocycles. The van der Waals surface area contributed by atoms with Crippen LogP contribution < -0.4 is 20.1 Å². The van der Waals surface area contributed by atoms with Gasteiger partial charge in [0.05, 0.1) is 27.0 Å². The van der Waals surface area contributed by atoms with Crippen molar-refractivity contribution in [3.63, 3.8) is 0 Å². The zero-order chi connectivity index (χ0) is 22.2. The van der Waals surface area contributed by atoms with Crippen LogP contribution in [0.25, 0.3) is 0 Å². The van der Waals surface area contributed by atoms with Gasteiger partial charge in [0, 0.05) is 16.8 Å². The average molecular weight is 442 g/mol. The van der Waals surface area contributed by atoms with Crippen molar-refractivity contribution in [1.82, 2.24) is 5.32 Å². The van der Waals surface area contributed by atoms with E-state index in [-0.39, 0.29) is 6.54 Å². The number of rotatable bonds is 7. The van der Waals surface area contributed by atoms with Crippen LogP contribution in [0.15, 0.2) is 64.0 Å². The van der Waals surface area contributed by atoms with Gasteiger partial charge in [-0.2, -0.15) is 0 Å². The van der Waals surface area contributed by atoms with Crippen LogP contribution in [0.3, 0.4) is 0 Å². The number of aliphatic imine (C=N–C) groups is 1. The Balaban J connectivity index is 1.55. The summed E-state index contributed by atoms with van der Waals surface area (Å²) in [5, 5.41) is 5.42. The van der Waals surface area contributed by atoms with E-state index in [2.05, 4.69) is 15.6 Å². The standard InChI is InChI=1S/C22H20ClN3O5/c1-29-16-8-9-19(20(11-16)30-2)24-12-17-6-7-18(31-17)13-25-21(27)22(28)26-15-5-3-4-14(23)10-15/h3-12H,13H2,1-2H3,(H,25,27)(H,26,28). The van der Waals surface area contributed by atoms with E-state index in [1.54, 1.807) is 68.8 Å². The van der Waals surface area contributed by atoms with Gasteiger partial charge in [0.15, 0.2) is 0 Å². The molecule has 2 N–H and O–H groups in total. The summed E-state index contributed by atoms with van der Waals surface area (Å²) < 4.78 is 16.1. The van der Waals surface area contributed by atoms with Crippen molar-refractivity contribution in [1.29, 1.82) is 0 Å². The van der Waals surface area contributed by atoms with Gasteiger partial charge in [0.25, 0.3) is 0 Å². The maximum absolute atomic E-state index is 12.0. The van der Waals surface area contributed by atoms with Gasteiger partial charge in [-0.05, 0) is 42.5 Å². The second kappa shape index (κ2) is 10.3. The van der Waals surface area contributed by atoms with Gasteiger partial charge in [-0.1, -0.05) is 17.7 Å². The molecule has 0 unspecified atom stereocenters. The van der Waals surface area contributed by atoms with E-state index in [1.807, 2.05) is 0 Å². The predicted octanol–water partition coefficient (Wildman–Crippen LogP) is 3.96. The second-order valence-corrected chi connectivity index (χ2v) is 6.68. The summed E-state index contributed by atoms with van der Waals surface area (Å²) >= 11 is 5.86. The molecule has 1 aromatic heterocycles. The fourth-order valence-electron chi connectivity index (χ4n) is 2.59. The maximum atomic E-state index is 12.0. The molecule has 0 spiro atoms. The molecule has 1 heterocycles. The molecule has 8 nitrogen and oxygen atoms in total. The summed E-state index contributed by atoms with van der Waals surface area (Å²) in [5.74, 6) is 0.556. The molecule has 0 saturated heterocycles.